The molecule has 0 saturated carbocycles. The predicted molar refractivity (Wildman–Crippen MR) is 83.9 cm³/mol. The van der Waals surface area contributed by atoms with Crippen LogP contribution in [0.4, 0.5) is 0 Å². The number of rotatable bonds is 7. The van der Waals surface area contributed by atoms with Gasteiger partial charge in [0.1, 0.15) is 0 Å². The van der Waals surface area contributed by atoms with E-state index in [1.54, 1.807) is 0 Å². The Bertz CT molecular complexity index is 361. The molecule has 1 aromatic carbocycles. The molecule has 0 fully saturated rings. The van der Waals surface area contributed by atoms with Gasteiger partial charge in [0.15, 0.2) is 0 Å². The second-order valence-corrected chi connectivity index (χ2v) is 5.39. The highest BCUT2D eigenvalue weighted by atomic mass is 127. The van der Waals surface area contributed by atoms with E-state index in [4.69, 9.17) is 0 Å². The zero-order valence-electron chi connectivity index (χ0n) is 11.1. The van der Waals surface area contributed by atoms with Crippen molar-refractivity contribution in [3.05, 3.63) is 33.4 Å². The number of carbonyl (C=O) groups excluding carboxylic acids is 1. The highest BCUT2D eigenvalue weighted by Crippen LogP contribution is 2.06. The maximum atomic E-state index is 11.8. The lowest BCUT2D eigenvalue weighted by molar-refractivity contribution is 0.0952. The van der Waals surface area contributed by atoms with Crippen molar-refractivity contribution in [2.45, 2.75) is 20.3 Å². The molecule has 3 nitrogen and oxygen atoms in total. The van der Waals surface area contributed by atoms with Crippen LogP contribution < -0.4 is 5.32 Å². The number of carbonyl (C=O) groups is 1. The number of nitrogens with one attached hydrogen (secondary N) is 1. The molecule has 0 bridgehead atoms. The second-order valence-electron chi connectivity index (χ2n) is 4.14. The Balaban J connectivity index is 2.27. The Kier molecular flexibility index (Phi) is 7.27. The van der Waals surface area contributed by atoms with E-state index in [0.717, 1.165) is 41.7 Å². The van der Waals surface area contributed by atoms with E-state index in [-0.39, 0.29) is 5.91 Å². The van der Waals surface area contributed by atoms with E-state index >= 15 is 0 Å². The van der Waals surface area contributed by atoms with Gasteiger partial charge in [-0.15, -0.1) is 0 Å². The van der Waals surface area contributed by atoms with Gasteiger partial charge >= 0.3 is 0 Å². The number of hydrogen-bond acceptors (Lipinski definition) is 2. The van der Waals surface area contributed by atoms with E-state index in [1.165, 1.54) is 0 Å². The van der Waals surface area contributed by atoms with Gasteiger partial charge in [0.2, 0.25) is 0 Å². The smallest absolute Gasteiger partial charge is 0.251 e. The number of amides is 1. The van der Waals surface area contributed by atoms with Crippen LogP contribution in [0.5, 0.6) is 0 Å². The molecule has 0 atom stereocenters. The molecule has 0 aliphatic heterocycles. The highest BCUT2D eigenvalue weighted by Gasteiger charge is 2.04. The molecule has 1 rings (SSSR count). The van der Waals surface area contributed by atoms with Crippen molar-refractivity contribution in [2.75, 3.05) is 26.2 Å². The molecular weight excluding hydrogens is 339 g/mol. The molecule has 4 heteroatoms. The Hall–Kier alpha value is -0.620. The summed E-state index contributed by atoms with van der Waals surface area (Å²) in [5, 5.41) is 2.95. The van der Waals surface area contributed by atoms with Crippen molar-refractivity contribution in [1.29, 1.82) is 0 Å². The normalized spacial score (nSPS) is 10.7. The number of halogens is 1. The maximum Gasteiger partial charge on any atom is 0.251 e. The van der Waals surface area contributed by atoms with E-state index < -0.39 is 0 Å². The minimum absolute atomic E-state index is 0.0194. The molecule has 0 spiro atoms. The topological polar surface area (TPSA) is 32.3 Å². The molecule has 0 saturated heterocycles. The summed E-state index contributed by atoms with van der Waals surface area (Å²) in [7, 11) is 0. The van der Waals surface area contributed by atoms with Gasteiger partial charge in [-0.1, -0.05) is 13.8 Å². The van der Waals surface area contributed by atoms with E-state index in [0.29, 0.717) is 0 Å². The summed E-state index contributed by atoms with van der Waals surface area (Å²) < 4.78 is 1.14. The van der Waals surface area contributed by atoms with Gasteiger partial charge < -0.3 is 10.2 Å². The van der Waals surface area contributed by atoms with Crippen molar-refractivity contribution >= 4 is 28.5 Å². The first kappa shape index (κ1) is 15.4. The van der Waals surface area contributed by atoms with Crippen molar-refractivity contribution in [3.8, 4) is 0 Å². The molecule has 100 valence electrons. The Labute approximate surface area is 123 Å². The number of hydrogen-bond donors (Lipinski definition) is 1. The fourth-order valence-electron chi connectivity index (χ4n) is 1.75. The molecule has 0 heterocycles. The van der Waals surface area contributed by atoms with Crippen LogP contribution in [0.1, 0.15) is 30.6 Å². The maximum absolute atomic E-state index is 11.8. The van der Waals surface area contributed by atoms with Crippen LogP contribution in [0.15, 0.2) is 24.3 Å². The third kappa shape index (κ3) is 5.35. The minimum atomic E-state index is 0.0194. The summed E-state index contributed by atoms with van der Waals surface area (Å²) >= 11 is 2.23. The van der Waals surface area contributed by atoms with Gasteiger partial charge in [-0.2, -0.15) is 0 Å². The zero-order valence-corrected chi connectivity index (χ0v) is 13.2. The monoisotopic (exact) mass is 360 g/mol. The van der Waals surface area contributed by atoms with Crippen LogP contribution in [0, 0.1) is 3.57 Å². The minimum Gasteiger partial charge on any atom is -0.352 e. The lowest BCUT2D eigenvalue weighted by Crippen LogP contribution is -2.29. The lowest BCUT2D eigenvalue weighted by atomic mass is 10.2. The highest BCUT2D eigenvalue weighted by molar-refractivity contribution is 14.1. The summed E-state index contributed by atoms with van der Waals surface area (Å²) in [5.74, 6) is 0.0194. The Morgan fingerprint density at radius 1 is 1.22 bits per heavy atom. The quantitative estimate of drug-likeness (QED) is 0.599. The average molecular weight is 360 g/mol. The van der Waals surface area contributed by atoms with Crippen LogP contribution in [0.25, 0.3) is 0 Å². The number of nitrogens with zero attached hydrogens (tertiary/aromatic N) is 1. The van der Waals surface area contributed by atoms with Crippen LogP contribution in [-0.2, 0) is 0 Å². The van der Waals surface area contributed by atoms with E-state index in [2.05, 4.69) is 46.7 Å². The van der Waals surface area contributed by atoms with E-state index in [9.17, 15) is 4.79 Å². The molecule has 0 aliphatic rings. The van der Waals surface area contributed by atoms with Crippen LogP contribution in [0.2, 0.25) is 0 Å². The van der Waals surface area contributed by atoms with Crippen molar-refractivity contribution < 1.29 is 4.79 Å². The Morgan fingerprint density at radius 2 is 1.83 bits per heavy atom. The standard InChI is InChI=1S/C14H21IN2O/c1-3-17(4-2)11-5-10-16-14(18)12-6-8-13(15)9-7-12/h6-9H,3-5,10-11H2,1-2H3,(H,16,18). The van der Waals surface area contributed by atoms with Gasteiger partial charge in [0.25, 0.3) is 5.91 Å². The van der Waals surface area contributed by atoms with Gasteiger partial charge in [-0.3, -0.25) is 4.79 Å². The van der Waals surface area contributed by atoms with E-state index in [1.807, 2.05) is 24.3 Å². The SMILES string of the molecule is CCN(CC)CCCNC(=O)c1ccc(I)cc1. The predicted octanol–water partition coefficient (Wildman–Crippen LogP) is 2.75. The number of benzene rings is 1. The molecule has 1 amide bonds. The third-order valence-corrected chi connectivity index (χ3v) is 3.66. The molecule has 18 heavy (non-hydrogen) atoms. The van der Waals surface area contributed by atoms with Crippen LogP contribution >= 0.6 is 22.6 Å². The summed E-state index contributed by atoms with van der Waals surface area (Å²) in [6.07, 6.45) is 0.998. The lowest BCUT2D eigenvalue weighted by Gasteiger charge is -2.17. The molecule has 0 radical (unpaired) electrons. The summed E-state index contributed by atoms with van der Waals surface area (Å²) in [6.45, 7) is 8.24. The fourth-order valence-corrected chi connectivity index (χ4v) is 2.11. The zero-order chi connectivity index (χ0) is 13.4. The van der Waals surface area contributed by atoms with Crippen LogP contribution in [0.3, 0.4) is 0 Å². The van der Waals surface area contributed by atoms with Gasteiger partial charge in [0, 0.05) is 15.7 Å². The molecular formula is C14H21IN2O. The largest absolute Gasteiger partial charge is 0.352 e. The first-order chi connectivity index (χ1) is 8.67. The first-order valence-electron chi connectivity index (χ1n) is 6.43. The molecule has 0 aliphatic carbocycles. The second kappa shape index (κ2) is 8.48. The third-order valence-electron chi connectivity index (χ3n) is 2.94. The van der Waals surface area contributed by atoms with Crippen molar-refractivity contribution in [1.82, 2.24) is 10.2 Å². The molecule has 1 N–H and O–H groups in total. The van der Waals surface area contributed by atoms with Gasteiger partial charge in [0.05, 0.1) is 0 Å². The molecule has 1 aromatic rings. The molecule has 0 aromatic heterocycles. The van der Waals surface area contributed by atoms with Crippen LogP contribution in [-0.4, -0.2) is 37.0 Å². The summed E-state index contributed by atoms with van der Waals surface area (Å²) in [6, 6.07) is 7.62. The van der Waals surface area contributed by atoms with Crippen molar-refractivity contribution in [2.24, 2.45) is 0 Å². The Morgan fingerprint density at radius 3 is 2.39 bits per heavy atom. The average Bonchev–Trinajstić information content (AvgIpc) is 2.39. The van der Waals surface area contributed by atoms with Gasteiger partial charge in [-0.05, 0) is 72.9 Å². The fraction of sp³-hybridized carbons (Fsp3) is 0.500. The molecule has 0 unspecified atom stereocenters. The van der Waals surface area contributed by atoms with Crippen molar-refractivity contribution in [3.63, 3.8) is 0 Å². The first-order valence-corrected chi connectivity index (χ1v) is 7.51. The summed E-state index contributed by atoms with van der Waals surface area (Å²) in [4.78, 5) is 14.2. The van der Waals surface area contributed by atoms with Gasteiger partial charge in [-0.25, -0.2) is 0 Å². The summed E-state index contributed by atoms with van der Waals surface area (Å²) in [5.41, 5.74) is 0.734.